The Morgan fingerprint density at radius 1 is 0.880 bits per heavy atom. The number of carbonyl (C=O) groups is 1. The summed E-state index contributed by atoms with van der Waals surface area (Å²) in [7, 11) is 0. The Morgan fingerprint density at radius 3 is 2.24 bits per heavy atom. The highest BCUT2D eigenvalue weighted by molar-refractivity contribution is 7.80. The molecule has 0 radical (unpaired) electrons. The summed E-state index contributed by atoms with van der Waals surface area (Å²) < 4.78 is 0. The maximum atomic E-state index is 12.6. The first-order chi connectivity index (χ1) is 11.9. The standard InChI is InChI=1S/C18H11Cl3N2OS/c19-10-7-11(20)9-12(8-10)22-18(25)23-17(24)15-5-1-4-14-13(15)3-2-6-16(14)21/h1-9H,(H2,22,23,24,25). The molecule has 3 aromatic rings. The fraction of sp³-hybridized carbons (Fsp3) is 0. The summed E-state index contributed by atoms with van der Waals surface area (Å²) in [5.74, 6) is -0.335. The smallest absolute Gasteiger partial charge is 0.258 e. The van der Waals surface area contributed by atoms with Gasteiger partial charge in [-0.2, -0.15) is 0 Å². The molecule has 0 aliphatic carbocycles. The van der Waals surface area contributed by atoms with E-state index in [1.807, 2.05) is 12.1 Å². The van der Waals surface area contributed by atoms with Gasteiger partial charge in [-0.25, -0.2) is 0 Å². The van der Waals surface area contributed by atoms with Crippen LogP contribution in [0.15, 0.2) is 54.6 Å². The van der Waals surface area contributed by atoms with Crippen molar-refractivity contribution in [3.05, 3.63) is 75.2 Å². The molecule has 3 rings (SSSR count). The summed E-state index contributed by atoms with van der Waals surface area (Å²) >= 11 is 23.3. The van der Waals surface area contributed by atoms with Crippen molar-refractivity contribution in [3.8, 4) is 0 Å². The molecule has 0 aliphatic rings. The maximum Gasteiger partial charge on any atom is 0.258 e. The van der Waals surface area contributed by atoms with E-state index in [9.17, 15) is 4.79 Å². The average Bonchev–Trinajstić information content (AvgIpc) is 2.53. The molecule has 0 saturated carbocycles. The Hall–Kier alpha value is -1.85. The lowest BCUT2D eigenvalue weighted by Crippen LogP contribution is -2.34. The second kappa shape index (κ2) is 7.58. The average molecular weight is 410 g/mol. The molecular weight excluding hydrogens is 399 g/mol. The van der Waals surface area contributed by atoms with Gasteiger partial charge >= 0.3 is 0 Å². The third-order valence-corrected chi connectivity index (χ3v) is 4.43. The molecule has 0 fully saturated rings. The number of amides is 1. The Bertz CT molecular complexity index is 971. The number of halogens is 3. The lowest BCUT2D eigenvalue weighted by molar-refractivity contribution is 0.0979. The number of hydrogen-bond donors (Lipinski definition) is 2. The van der Waals surface area contributed by atoms with Crippen molar-refractivity contribution < 1.29 is 4.79 Å². The van der Waals surface area contributed by atoms with E-state index < -0.39 is 0 Å². The number of anilines is 1. The molecule has 0 spiro atoms. The predicted molar refractivity (Wildman–Crippen MR) is 109 cm³/mol. The van der Waals surface area contributed by atoms with Gasteiger partial charge in [-0.05, 0) is 47.9 Å². The van der Waals surface area contributed by atoms with Crippen LogP contribution in [0.2, 0.25) is 15.1 Å². The van der Waals surface area contributed by atoms with Crippen LogP contribution in [0.3, 0.4) is 0 Å². The third-order valence-electron chi connectivity index (χ3n) is 3.46. The molecule has 0 saturated heterocycles. The van der Waals surface area contributed by atoms with Gasteiger partial charge in [-0.3, -0.25) is 10.1 Å². The van der Waals surface area contributed by atoms with Crippen LogP contribution in [0.5, 0.6) is 0 Å². The van der Waals surface area contributed by atoms with Crippen molar-refractivity contribution in [1.29, 1.82) is 0 Å². The molecular formula is C18H11Cl3N2OS. The molecule has 3 aromatic carbocycles. The monoisotopic (exact) mass is 408 g/mol. The normalized spacial score (nSPS) is 10.5. The Labute approximate surface area is 164 Å². The van der Waals surface area contributed by atoms with Crippen LogP contribution in [0.25, 0.3) is 10.8 Å². The van der Waals surface area contributed by atoms with Crippen molar-refractivity contribution in [2.24, 2.45) is 0 Å². The first-order valence-corrected chi connectivity index (χ1v) is 8.74. The lowest BCUT2D eigenvalue weighted by Gasteiger charge is -2.12. The third kappa shape index (κ3) is 4.22. The molecule has 3 nitrogen and oxygen atoms in total. The van der Waals surface area contributed by atoms with Gasteiger partial charge < -0.3 is 5.32 Å². The summed E-state index contributed by atoms with van der Waals surface area (Å²) in [6.07, 6.45) is 0. The highest BCUT2D eigenvalue weighted by Crippen LogP contribution is 2.26. The SMILES string of the molecule is O=C(NC(=S)Nc1cc(Cl)cc(Cl)c1)c1cccc2c(Cl)cccc12. The van der Waals surface area contributed by atoms with Crippen LogP contribution in [0.4, 0.5) is 5.69 Å². The van der Waals surface area contributed by atoms with E-state index in [1.165, 1.54) is 0 Å². The summed E-state index contributed by atoms with van der Waals surface area (Å²) in [6, 6.07) is 15.7. The number of carbonyl (C=O) groups excluding carboxylic acids is 1. The molecule has 7 heteroatoms. The molecule has 1 amide bonds. The van der Waals surface area contributed by atoms with Crippen LogP contribution < -0.4 is 10.6 Å². The van der Waals surface area contributed by atoms with Gasteiger partial charge in [0.05, 0.1) is 0 Å². The van der Waals surface area contributed by atoms with Gasteiger partial charge in [0.15, 0.2) is 5.11 Å². The van der Waals surface area contributed by atoms with Gasteiger partial charge in [0, 0.05) is 31.7 Å². The number of fused-ring (bicyclic) bond motifs is 1. The number of thiocarbonyl (C=S) groups is 1. The number of nitrogens with one attached hydrogen (secondary N) is 2. The minimum Gasteiger partial charge on any atom is -0.332 e. The van der Waals surface area contributed by atoms with E-state index in [2.05, 4.69) is 10.6 Å². The van der Waals surface area contributed by atoms with E-state index in [0.29, 0.717) is 26.3 Å². The Kier molecular flexibility index (Phi) is 5.45. The molecule has 0 heterocycles. The highest BCUT2D eigenvalue weighted by Gasteiger charge is 2.13. The number of benzene rings is 3. The van der Waals surface area contributed by atoms with Crippen LogP contribution >= 0.6 is 47.0 Å². The molecule has 2 N–H and O–H groups in total. The first-order valence-electron chi connectivity index (χ1n) is 7.20. The fourth-order valence-electron chi connectivity index (χ4n) is 2.43. The minimum atomic E-state index is -0.335. The zero-order valence-corrected chi connectivity index (χ0v) is 15.7. The van der Waals surface area contributed by atoms with E-state index in [-0.39, 0.29) is 11.0 Å². The summed E-state index contributed by atoms with van der Waals surface area (Å²) in [5, 5.41) is 8.75. The van der Waals surface area contributed by atoms with Gasteiger partial charge in [-0.15, -0.1) is 0 Å². The van der Waals surface area contributed by atoms with Crippen LogP contribution in [-0.2, 0) is 0 Å². The van der Waals surface area contributed by atoms with E-state index in [4.69, 9.17) is 47.0 Å². The summed E-state index contributed by atoms with van der Waals surface area (Å²) in [6.45, 7) is 0. The Balaban J connectivity index is 1.80. The lowest BCUT2D eigenvalue weighted by atomic mass is 10.0. The van der Waals surface area contributed by atoms with Crippen molar-refractivity contribution in [1.82, 2.24) is 5.32 Å². The van der Waals surface area contributed by atoms with Crippen molar-refractivity contribution in [2.45, 2.75) is 0 Å². The topological polar surface area (TPSA) is 41.1 Å². The zero-order valence-electron chi connectivity index (χ0n) is 12.6. The predicted octanol–water partition coefficient (Wildman–Crippen LogP) is 5.93. The number of rotatable bonds is 2. The second-order valence-corrected chi connectivity index (χ2v) is 6.90. The quantitative estimate of drug-likeness (QED) is 0.516. The number of hydrogen-bond acceptors (Lipinski definition) is 2. The summed E-state index contributed by atoms with van der Waals surface area (Å²) in [4.78, 5) is 12.6. The van der Waals surface area contributed by atoms with Gasteiger partial charge in [0.1, 0.15) is 0 Å². The van der Waals surface area contributed by atoms with Crippen LogP contribution in [0.1, 0.15) is 10.4 Å². The van der Waals surface area contributed by atoms with E-state index in [0.717, 1.165) is 10.8 Å². The molecule has 0 unspecified atom stereocenters. The molecule has 0 bridgehead atoms. The van der Waals surface area contributed by atoms with Gasteiger partial charge in [-0.1, -0.05) is 59.1 Å². The van der Waals surface area contributed by atoms with Gasteiger partial charge in [0.25, 0.3) is 5.91 Å². The minimum absolute atomic E-state index is 0.141. The summed E-state index contributed by atoms with van der Waals surface area (Å²) in [5.41, 5.74) is 1.07. The van der Waals surface area contributed by atoms with Gasteiger partial charge in [0.2, 0.25) is 0 Å². The van der Waals surface area contributed by atoms with E-state index >= 15 is 0 Å². The largest absolute Gasteiger partial charge is 0.332 e. The zero-order chi connectivity index (χ0) is 18.0. The van der Waals surface area contributed by atoms with Crippen molar-refractivity contribution in [2.75, 3.05) is 5.32 Å². The molecule has 0 aliphatic heterocycles. The van der Waals surface area contributed by atoms with Crippen LogP contribution in [-0.4, -0.2) is 11.0 Å². The molecule has 25 heavy (non-hydrogen) atoms. The van der Waals surface area contributed by atoms with Crippen molar-refractivity contribution in [3.63, 3.8) is 0 Å². The maximum absolute atomic E-state index is 12.6. The highest BCUT2D eigenvalue weighted by atomic mass is 35.5. The fourth-order valence-corrected chi connectivity index (χ4v) is 3.40. The Morgan fingerprint density at radius 2 is 1.52 bits per heavy atom. The van der Waals surface area contributed by atoms with Crippen molar-refractivity contribution >= 4 is 74.5 Å². The first kappa shape index (κ1) is 18.0. The second-order valence-electron chi connectivity index (χ2n) is 5.21. The molecule has 126 valence electrons. The van der Waals surface area contributed by atoms with E-state index in [1.54, 1.807) is 42.5 Å². The van der Waals surface area contributed by atoms with Crippen LogP contribution in [0, 0.1) is 0 Å². The molecule has 0 atom stereocenters. The molecule has 0 aromatic heterocycles.